The van der Waals surface area contributed by atoms with Gasteiger partial charge in [0.2, 0.25) is 0 Å². The molecule has 1 heterocycles. The number of nitrogens with zero attached hydrogens (tertiary/aromatic N) is 1. The Balaban J connectivity index is 2.23. The van der Waals surface area contributed by atoms with E-state index in [2.05, 4.69) is 16.3 Å². The second kappa shape index (κ2) is 5.85. The average molecular weight is 273 g/mol. The standard InChI is InChI=1S/C12H17ClN2OS/c1-14-9-10-2-3-11(13)8-12(10)15-4-6-17(16)7-5-15/h2-3,8,14H,4-7,9H2,1H3. The van der Waals surface area contributed by atoms with E-state index < -0.39 is 10.8 Å². The van der Waals surface area contributed by atoms with Crippen LogP contribution >= 0.6 is 11.6 Å². The minimum atomic E-state index is -0.641. The van der Waals surface area contributed by atoms with Gasteiger partial charge in [-0.05, 0) is 24.7 Å². The van der Waals surface area contributed by atoms with Gasteiger partial charge in [-0.1, -0.05) is 17.7 Å². The maximum atomic E-state index is 11.4. The van der Waals surface area contributed by atoms with Gasteiger partial charge in [0, 0.05) is 52.6 Å². The van der Waals surface area contributed by atoms with Gasteiger partial charge in [0.1, 0.15) is 0 Å². The molecule has 0 spiro atoms. The molecule has 0 aromatic heterocycles. The van der Waals surface area contributed by atoms with Crippen LogP contribution in [-0.4, -0.2) is 35.9 Å². The first kappa shape index (κ1) is 12.9. The van der Waals surface area contributed by atoms with Gasteiger partial charge in [0.25, 0.3) is 0 Å². The van der Waals surface area contributed by atoms with Crippen LogP contribution in [0, 0.1) is 0 Å². The van der Waals surface area contributed by atoms with Gasteiger partial charge in [-0.2, -0.15) is 0 Å². The highest BCUT2D eigenvalue weighted by molar-refractivity contribution is 7.85. The summed E-state index contributed by atoms with van der Waals surface area (Å²) >= 11 is 6.06. The molecule has 1 aromatic carbocycles. The first-order chi connectivity index (χ1) is 8.20. The maximum Gasteiger partial charge on any atom is 0.0427 e. The number of rotatable bonds is 3. The molecule has 94 valence electrons. The fourth-order valence-corrected chi connectivity index (χ4v) is 3.27. The highest BCUT2D eigenvalue weighted by atomic mass is 35.5. The molecule has 1 aliphatic rings. The SMILES string of the molecule is CNCc1ccc(Cl)cc1N1CCS(=O)CC1. The summed E-state index contributed by atoms with van der Waals surface area (Å²) in [4.78, 5) is 2.28. The van der Waals surface area contributed by atoms with Crippen LogP contribution in [0.3, 0.4) is 0 Å². The lowest BCUT2D eigenvalue weighted by molar-refractivity contribution is 0.672. The van der Waals surface area contributed by atoms with Gasteiger partial charge in [0.05, 0.1) is 0 Å². The van der Waals surface area contributed by atoms with E-state index in [0.717, 1.165) is 36.2 Å². The van der Waals surface area contributed by atoms with Crippen molar-refractivity contribution in [3.8, 4) is 0 Å². The second-order valence-electron chi connectivity index (χ2n) is 4.14. The van der Waals surface area contributed by atoms with Gasteiger partial charge in [-0.15, -0.1) is 0 Å². The molecular formula is C12H17ClN2OS. The Hall–Kier alpha value is -0.580. The van der Waals surface area contributed by atoms with E-state index in [9.17, 15) is 4.21 Å². The number of anilines is 1. The zero-order valence-corrected chi connectivity index (χ0v) is 11.5. The number of benzene rings is 1. The predicted octanol–water partition coefficient (Wildman–Crippen LogP) is 1.63. The molecule has 0 unspecified atom stereocenters. The van der Waals surface area contributed by atoms with Crippen molar-refractivity contribution in [3.05, 3.63) is 28.8 Å². The summed E-state index contributed by atoms with van der Waals surface area (Å²) in [6, 6.07) is 5.97. The second-order valence-corrected chi connectivity index (χ2v) is 6.27. The monoisotopic (exact) mass is 272 g/mol. The zero-order chi connectivity index (χ0) is 12.3. The molecule has 0 amide bonds. The lowest BCUT2D eigenvalue weighted by atomic mass is 10.1. The summed E-state index contributed by atoms with van der Waals surface area (Å²) < 4.78 is 11.4. The van der Waals surface area contributed by atoms with Crippen molar-refractivity contribution in [2.24, 2.45) is 0 Å². The number of nitrogens with one attached hydrogen (secondary N) is 1. The lowest BCUT2D eigenvalue weighted by Crippen LogP contribution is -2.38. The molecule has 1 aliphatic heterocycles. The molecule has 5 heteroatoms. The smallest absolute Gasteiger partial charge is 0.0427 e. The summed E-state index contributed by atoms with van der Waals surface area (Å²) in [6.45, 7) is 2.53. The third-order valence-electron chi connectivity index (χ3n) is 2.93. The van der Waals surface area contributed by atoms with Crippen molar-refractivity contribution in [1.82, 2.24) is 5.32 Å². The number of hydrogen-bond donors (Lipinski definition) is 1. The summed E-state index contributed by atoms with van der Waals surface area (Å²) in [7, 11) is 1.29. The Bertz CT molecular complexity index is 415. The molecule has 17 heavy (non-hydrogen) atoms. The largest absolute Gasteiger partial charge is 0.369 e. The van der Waals surface area contributed by atoms with Crippen LogP contribution in [0.15, 0.2) is 18.2 Å². The Labute approximate surface area is 110 Å². The summed E-state index contributed by atoms with van der Waals surface area (Å²) in [5.41, 5.74) is 2.41. The van der Waals surface area contributed by atoms with Crippen LogP contribution in [0.1, 0.15) is 5.56 Å². The summed E-state index contributed by atoms with van der Waals surface area (Å²) in [5, 5.41) is 3.92. The van der Waals surface area contributed by atoms with Crippen LogP contribution in [0.5, 0.6) is 0 Å². The molecule has 2 rings (SSSR count). The number of hydrogen-bond acceptors (Lipinski definition) is 3. The van der Waals surface area contributed by atoms with E-state index in [-0.39, 0.29) is 0 Å². The molecule has 0 saturated carbocycles. The highest BCUT2D eigenvalue weighted by Gasteiger charge is 2.17. The van der Waals surface area contributed by atoms with Gasteiger partial charge >= 0.3 is 0 Å². The highest BCUT2D eigenvalue weighted by Crippen LogP contribution is 2.26. The van der Waals surface area contributed by atoms with E-state index in [0.29, 0.717) is 0 Å². The van der Waals surface area contributed by atoms with Crippen molar-refractivity contribution in [3.63, 3.8) is 0 Å². The molecule has 0 bridgehead atoms. The summed E-state index contributed by atoms with van der Waals surface area (Å²) in [6.07, 6.45) is 0. The minimum absolute atomic E-state index is 0.641. The Morgan fingerprint density at radius 2 is 2.12 bits per heavy atom. The Morgan fingerprint density at radius 3 is 2.76 bits per heavy atom. The molecule has 1 aromatic rings. The molecule has 0 radical (unpaired) electrons. The molecule has 1 saturated heterocycles. The van der Waals surface area contributed by atoms with E-state index in [1.165, 1.54) is 11.3 Å². The Kier molecular flexibility index (Phi) is 4.42. The predicted molar refractivity (Wildman–Crippen MR) is 74.3 cm³/mol. The van der Waals surface area contributed by atoms with Crippen LogP contribution in [0.25, 0.3) is 0 Å². The van der Waals surface area contributed by atoms with E-state index >= 15 is 0 Å². The van der Waals surface area contributed by atoms with Crippen molar-refractivity contribution < 1.29 is 4.21 Å². The molecule has 0 atom stereocenters. The topological polar surface area (TPSA) is 32.3 Å². The van der Waals surface area contributed by atoms with Crippen molar-refractivity contribution in [2.45, 2.75) is 6.54 Å². The van der Waals surface area contributed by atoms with Crippen LogP contribution in [0.4, 0.5) is 5.69 Å². The van der Waals surface area contributed by atoms with Crippen LogP contribution in [0.2, 0.25) is 5.02 Å². The lowest BCUT2D eigenvalue weighted by Gasteiger charge is -2.30. The first-order valence-corrected chi connectivity index (χ1v) is 7.60. The Morgan fingerprint density at radius 1 is 1.41 bits per heavy atom. The normalized spacial score (nSPS) is 17.4. The fraction of sp³-hybridized carbons (Fsp3) is 0.500. The molecule has 1 fully saturated rings. The van der Waals surface area contributed by atoms with Gasteiger partial charge in [-0.3, -0.25) is 4.21 Å². The summed E-state index contributed by atoms with van der Waals surface area (Å²) in [5.74, 6) is 1.51. The molecule has 0 aliphatic carbocycles. The first-order valence-electron chi connectivity index (χ1n) is 5.73. The maximum absolute atomic E-state index is 11.4. The van der Waals surface area contributed by atoms with E-state index in [1.54, 1.807) is 0 Å². The van der Waals surface area contributed by atoms with Gasteiger partial charge in [-0.25, -0.2) is 0 Å². The minimum Gasteiger partial charge on any atom is -0.369 e. The van der Waals surface area contributed by atoms with Crippen LogP contribution in [-0.2, 0) is 17.3 Å². The third-order valence-corrected chi connectivity index (χ3v) is 4.44. The fourth-order valence-electron chi connectivity index (χ4n) is 2.05. The van der Waals surface area contributed by atoms with Crippen LogP contribution < -0.4 is 10.2 Å². The van der Waals surface area contributed by atoms with E-state index in [4.69, 9.17) is 11.6 Å². The third kappa shape index (κ3) is 3.21. The van der Waals surface area contributed by atoms with Gasteiger partial charge < -0.3 is 10.2 Å². The quantitative estimate of drug-likeness (QED) is 0.908. The molecule has 1 N–H and O–H groups in total. The zero-order valence-electron chi connectivity index (χ0n) is 9.91. The van der Waals surface area contributed by atoms with Crippen molar-refractivity contribution >= 4 is 28.1 Å². The average Bonchev–Trinajstić information content (AvgIpc) is 2.33. The molecular weight excluding hydrogens is 256 g/mol. The van der Waals surface area contributed by atoms with Crippen molar-refractivity contribution in [2.75, 3.05) is 36.5 Å². The van der Waals surface area contributed by atoms with Gasteiger partial charge in [0.15, 0.2) is 0 Å². The van der Waals surface area contributed by atoms with E-state index in [1.807, 2.05) is 19.2 Å². The number of halogens is 1. The van der Waals surface area contributed by atoms with Crippen molar-refractivity contribution in [1.29, 1.82) is 0 Å². The molecule has 3 nitrogen and oxygen atoms in total.